The van der Waals surface area contributed by atoms with Crippen molar-refractivity contribution >= 4 is 0 Å². The average molecular weight is 475 g/mol. The van der Waals surface area contributed by atoms with Gasteiger partial charge in [-0.2, -0.15) is 0 Å². The van der Waals surface area contributed by atoms with Crippen molar-refractivity contribution in [2.45, 2.75) is 20.8 Å². The predicted molar refractivity (Wildman–Crippen MR) is 147 cm³/mol. The van der Waals surface area contributed by atoms with Crippen molar-refractivity contribution in [3.63, 3.8) is 0 Å². The van der Waals surface area contributed by atoms with Crippen molar-refractivity contribution in [2.24, 2.45) is 0 Å². The molecule has 0 amide bonds. The molecule has 36 heavy (non-hydrogen) atoms. The summed E-state index contributed by atoms with van der Waals surface area (Å²) in [5.41, 5.74) is 8.28. The fourth-order valence-corrected chi connectivity index (χ4v) is 3.83. The summed E-state index contributed by atoms with van der Waals surface area (Å²) in [5.74, 6) is 1.94. The molecule has 3 nitrogen and oxygen atoms in total. The molecule has 0 aliphatic heterocycles. The van der Waals surface area contributed by atoms with E-state index in [0.29, 0.717) is 0 Å². The average Bonchev–Trinajstić information content (AvgIpc) is 3.67. The SMILES string of the molecule is Cc1ccoc1-c1ccccc1.Cc1cocc1-c1ccccc1.Cc1occc1-c1ccccc1. The van der Waals surface area contributed by atoms with Crippen LogP contribution in [0.4, 0.5) is 0 Å². The van der Waals surface area contributed by atoms with E-state index in [1.54, 1.807) is 25.1 Å². The largest absolute Gasteiger partial charge is 0.472 e. The van der Waals surface area contributed by atoms with Crippen molar-refractivity contribution in [3.05, 3.63) is 145 Å². The maximum Gasteiger partial charge on any atom is 0.136 e. The summed E-state index contributed by atoms with van der Waals surface area (Å²) in [6, 6.07) is 34.6. The fraction of sp³-hybridized carbons (Fsp3) is 0.0909. The second-order valence-electron chi connectivity index (χ2n) is 8.39. The molecule has 3 heterocycles. The summed E-state index contributed by atoms with van der Waals surface area (Å²) in [5, 5.41) is 0. The number of aryl methyl sites for hydroxylation is 3. The summed E-state index contributed by atoms with van der Waals surface area (Å²) in [7, 11) is 0. The summed E-state index contributed by atoms with van der Waals surface area (Å²) in [6.07, 6.45) is 6.99. The second kappa shape index (κ2) is 12.3. The summed E-state index contributed by atoms with van der Waals surface area (Å²) >= 11 is 0. The lowest BCUT2D eigenvalue weighted by atomic mass is 10.1. The highest BCUT2D eigenvalue weighted by atomic mass is 16.3. The molecule has 0 saturated heterocycles. The number of hydrogen-bond donors (Lipinski definition) is 0. The van der Waals surface area contributed by atoms with E-state index < -0.39 is 0 Å². The zero-order valence-electron chi connectivity index (χ0n) is 20.8. The molecule has 3 heteroatoms. The van der Waals surface area contributed by atoms with Gasteiger partial charge in [0.05, 0.1) is 25.1 Å². The Kier molecular flexibility index (Phi) is 8.39. The van der Waals surface area contributed by atoms with Crippen LogP contribution in [0.15, 0.2) is 141 Å². The molecule has 0 aliphatic rings. The fourth-order valence-electron chi connectivity index (χ4n) is 3.83. The van der Waals surface area contributed by atoms with Gasteiger partial charge in [-0.05, 0) is 55.2 Å². The first-order valence-electron chi connectivity index (χ1n) is 11.9. The minimum atomic E-state index is 0.968. The lowest BCUT2D eigenvalue weighted by molar-refractivity contribution is 0.535. The van der Waals surface area contributed by atoms with E-state index >= 15 is 0 Å². The molecule has 0 aliphatic carbocycles. The van der Waals surface area contributed by atoms with Gasteiger partial charge < -0.3 is 13.3 Å². The zero-order chi connectivity index (χ0) is 25.2. The van der Waals surface area contributed by atoms with Crippen LogP contribution in [0.1, 0.15) is 16.9 Å². The first kappa shape index (κ1) is 24.6. The Morgan fingerprint density at radius 1 is 0.444 bits per heavy atom. The van der Waals surface area contributed by atoms with Gasteiger partial charge in [0.2, 0.25) is 0 Å². The van der Waals surface area contributed by atoms with Crippen molar-refractivity contribution in [1.82, 2.24) is 0 Å². The maximum atomic E-state index is 5.35. The number of furan rings is 3. The molecular weight excluding hydrogens is 444 g/mol. The van der Waals surface area contributed by atoms with Crippen LogP contribution in [-0.4, -0.2) is 0 Å². The van der Waals surface area contributed by atoms with E-state index in [1.807, 2.05) is 99.6 Å². The third-order valence-electron chi connectivity index (χ3n) is 5.78. The molecule has 0 radical (unpaired) electrons. The molecule has 0 fully saturated rings. The highest BCUT2D eigenvalue weighted by Crippen LogP contribution is 2.25. The molecule has 0 N–H and O–H groups in total. The van der Waals surface area contributed by atoms with Gasteiger partial charge in [0.15, 0.2) is 0 Å². The van der Waals surface area contributed by atoms with Crippen molar-refractivity contribution in [3.8, 4) is 33.6 Å². The molecule has 0 unspecified atom stereocenters. The standard InChI is InChI=1S/3C11H10O/c1-9-7-12-8-11(9)10-5-3-2-4-6-10;1-9-11(7-8-12-9)10-5-3-2-4-6-10;1-9-7-8-12-11(9)10-5-3-2-4-6-10/h3*2-8H,1H3. The molecule has 180 valence electrons. The molecule has 0 bridgehead atoms. The summed E-state index contributed by atoms with van der Waals surface area (Å²) < 4.78 is 15.7. The highest BCUT2D eigenvalue weighted by molar-refractivity contribution is 5.66. The molecule has 6 rings (SSSR count). The van der Waals surface area contributed by atoms with Gasteiger partial charge in [-0.1, -0.05) is 91.0 Å². The van der Waals surface area contributed by atoms with Gasteiger partial charge in [0.25, 0.3) is 0 Å². The number of benzene rings is 3. The molecule has 3 aromatic carbocycles. The third kappa shape index (κ3) is 6.34. The highest BCUT2D eigenvalue weighted by Gasteiger charge is 2.03. The van der Waals surface area contributed by atoms with Crippen LogP contribution in [0.5, 0.6) is 0 Å². The van der Waals surface area contributed by atoms with E-state index in [1.165, 1.54) is 33.4 Å². The van der Waals surface area contributed by atoms with Crippen LogP contribution in [0.2, 0.25) is 0 Å². The van der Waals surface area contributed by atoms with Gasteiger partial charge in [-0.15, -0.1) is 0 Å². The minimum Gasteiger partial charge on any atom is -0.472 e. The second-order valence-corrected chi connectivity index (χ2v) is 8.39. The van der Waals surface area contributed by atoms with Gasteiger partial charge in [0, 0.05) is 16.7 Å². The van der Waals surface area contributed by atoms with Crippen LogP contribution in [-0.2, 0) is 0 Å². The summed E-state index contributed by atoms with van der Waals surface area (Å²) in [6.45, 7) is 6.07. The Morgan fingerprint density at radius 3 is 1.42 bits per heavy atom. The Balaban J connectivity index is 0.000000127. The normalized spacial score (nSPS) is 10.1. The first-order valence-corrected chi connectivity index (χ1v) is 11.9. The third-order valence-corrected chi connectivity index (χ3v) is 5.78. The zero-order valence-corrected chi connectivity index (χ0v) is 20.8. The van der Waals surface area contributed by atoms with Crippen molar-refractivity contribution < 1.29 is 13.3 Å². The van der Waals surface area contributed by atoms with E-state index in [0.717, 1.165) is 17.1 Å². The smallest absolute Gasteiger partial charge is 0.136 e. The van der Waals surface area contributed by atoms with E-state index in [-0.39, 0.29) is 0 Å². The van der Waals surface area contributed by atoms with E-state index in [9.17, 15) is 0 Å². The van der Waals surface area contributed by atoms with Crippen LogP contribution in [0, 0.1) is 20.8 Å². The minimum absolute atomic E-state index is 0.968. The molecule has 6 aromatic rings. The molecule has 0 spiro atoms. The van der Waals surface area contributed by atoms with Gasteiger partial charge in [-0.3, -0.25) is 0 Å². The number of rotatable bonds is 3. The van der Waals surface area contributed by atoms with E-state index in [4.69, 9.17) is 13.3 Å². The molecular formula is C33H30O3. The van der Waals surface area contributed by atoms with Crippen LogP contribution >= 0.6 is 0 Å². The van der Waals surface area contributed by atoms with Crippen LogP contribution < -0.4 is 0 Å². The maximum absolute atomic E-state index is 5.35. The Morgan fingerprint density at radius 2 is 0.972 bits per heavy atom. The monoisotopic (exact) mass is 474 g/mol. The Hall–Kier alpha value is -4.50. The van der Waals surface area contributed by atoms with Gasteiger partial charge in [0.1, 0.15) is 11.5 Å². The van der Waals surface area contributed by atoms with Crippen molar-refractivity contribution in [2.75, 3.05) is 0 Å². The quantitative estimate of drug-likeness (QED) is 0.256. The molecule has 0 atom stereocenters. The first-order chi connectivity index (χ1) is 17.6. The van der Waals surface area contributed by atoms with Crippen LogP contribution in [0.25, 0.3) is 33.6 Å². The predicted octanol–water partition coefficient (Wildman–Crippen LogP) is 9.77. The van der Waals surface area contributed by atoms with Gasteiger partial charge in [-0.25, -0.2) is 0 Å². The Bertz CT molecular complexity index is 1260. The van der Waals surface area contributed by atoms with Crippen LogP contribution in [0.3, 0.4) is 0 Å². The lowest BCUT2D eigenvalue weighted by Gasteiger charge is -1.96. The lowest BCUT2D eigenvalue weighted by Crippen LogP contribution is -1.74. The summed E-state index contributed by atoms with van der Waals surface area (Å²) in [4.78, 5) is 0. The topological polar surface area (TPSA) is 39.4 Å². The molecule has 0 saturated carbocycles. The molecule has 3 aromatic heterocycles. The van der Waals surface area contributed by atoms with Gasteiger partial charge >= 0.3 is 0 Å². The number of hydrogen-bond acceptors (Lipinski definition) is 3. The van der Waals surface area contributed by atoms with E-state index in [2.05, 4.69) is 24.3 Å². The Labute approximate surface area is 212 Å². The van der Waals surface area contributed by atoms with Crippen molar-refractivity contribution in [1.29, 1.82) is 0 Å².